The summed E-state index contributed by atoms with van der Waals surface area (Å²) in [6, 6.07) is 0. The Hall–Kier alpha value is 0.350. The van der Waals surface area contributed by atoms with Crippen molar-refractivity contribution in [1.29, 1.82) is 0 Å². The zero-order valence-corrected chi connectivity index (χ0v) is 8.46. The third-order valence-corrected chi connectivity index (χ3v) is 0.828. The van der Waals surface area contributed by atoms with E-state index in [2.05, 4.69) is 19.6 Å². The molecule has 0 fully saturated rings. The van der Waals surface area contributed by atoms with Gasteiger partial charge in [-0.1, -0.05) is 41.0 Å². The predicted molar refractivity (Wildman–Crippen MR) is 51.5 cm³/mol. The Kier molecular flexibility index (Phi) is 72.2. The van der Waals surface area contributed by atoms with E-state index in [0.29, 0.717) is 0 Å². The van der Waals surface area contributed by atoms with Crippen LogP contribution in [-0.2, 0) is 0 Å². The summed E-state index contributed by atoms with van der Waals surface area (Å²) < 4.78 is 0. The van der Waals surface area contributed by atoms with E-state index in [4.69, 9.17) is 0 Å². The van der Waals surface area contributed by atoms with Gasteiger partial charge in [-0.3, -0.25) is 0 Å². The third kappa shape index (κ3) is 61.0. The maximum Gasteiger partial charge on any atom is -0.00980 e. The first-order valence-corrected chi connectivity index (χ1v) is 4.66. The van der Waals surface area contributed by atoms with Crippen LogP contribution in [0.15, 0.2) is 0 Å². The molecule has 9 heavy (non-hydrogen) atoms. The largest absolute Gasteiger partial charge is 0.179 e. The summed E-state index contributed by atoms with van der Waals surface area (Å²) >= 11 is 4.00. The minimum absolute atomic E-state index is 1.04. The fourth-order valence-corrected chi connectivity index (χ4v) is 0.474. The fourth-order valence-electron chi connectivity index (χ4n) is 0.158. The number of hydrogen-bond acceptors (Lipinski definition) is 1. The van der Waals surface area contributed by atoms with Crippen LogP contribution in [0.4, 0.5) is 0 Å². The van der Waals surface area contributed by atoms with Gasteiger partial charge < -0.3 is 0 Å². The first-order chi connectivity index (χ1) is 4.41. The second-order valence-electron chi connectivity index (χ2n) is 1.08. The molecule has 1 heteroatoms. The molecular weight excluding hydrogens is 128 g/mol. The molecule has 0 atom stereocenters. The monoisotopic (exact) mass is 150 g/mol. The molecule has 0 aliphatic heterocycles. The van der Waals surface area contributed by atoms with Crippen LogP contribution in [0.2, 0.25) is 0 Å². The van der Waals surface area contributed by atoms with E-state index in [1.807, 2.05) is 27.7 Å². The van der Waals surface area contributed by atoms with Crippen molar-refractivity contribution in [3.05, 3.63) is 0 Å². The molecule has 60 valence electrons. The van der Waals surface area contributed by atoms with E-state index in [0.717, 1.165) is 5.75 Å². The van der Waals surface area contributed by atoms with Crippen molar-refractivity contribution >= 4 is 12.6 Å². The average molecular weight is 150 g/mol. The highest BCUT2D eigenvalue weighted by Crippen LogP contribution is 1.85. The predicted octanol–water partition coefficient (Wildman–Crippen LogP) is 3.77. The average Bonchev–Trinajstić information content (AvgIpc) is 1.98. The number of rotatable bonds is 2. The molecule has 0 aromatic carbocycles. The van der Waals surface area contributed by atoms with Gasteiger partial charge in [0.15, 0.2) is 0 Å². The summed E-state index contributed by atoms with van der Waals surface area (Å²) in [4.78, 5) is 0. The minimum atomic E-state index is 1.04. The van der Waals surface area contributed by atoms with Crippen molar-refractivity contribution in [3.8, 4) is 0 Å². The van der Waals surface area contributed by atoms with Crippen LogP contribution in [0, 0.1) is 0 Å². The molecule has 0 aromatic heterocycles. The van der Waals surface area contributed by atoms with E-state index in [9.17, 15) is 0 Å². The van der Waals surface area contributed by atoms with Gasteiger partial charge in [-0.15, -0.1) is 0 Å². The zero-order chi connectivity index (χ0) is 8.12. The van der Waals surface area contributed by atoms with Crippen LogP contribution in [-0.4, -0.2) is 5.75 Å². The molecule has 0 aliphatic carbocycles. The lowest BCUT2D eigenvalue weighted by Gasteiger charge is -1.78. The van der Waals surface area contributed by atoms with Gasteiger partial charge in [-0.25, -0.2) is 0 Å². The molecule has 0 amide bonds. The van der Waals surface area contributed by atoms with Gasteiger partial charge >= 0.3 is 0 Å². The summed E-state index contributed by atoms with van der Waals surface area (Å²) in [6.45, 7) is 10.2. The van der Waals surface area contributed by atoms with Gasteiger partial charge in [-0.05, 0) is 12.2 Å². The molecule has 0 saturated heterocycles. The molecule has 0 rings (SSSR count). The van der Waals surface area contributed by atoms with Crippen molar-refractivity contribution in [2.24, 2.45) is 0 Å². The van der Waals surface area contributed by atoms with Gasteiger partial charge in [0.1, 0.15) is 0 Å². The van der Waals surface area contributed by atoms with E-state index in [1.165, 1.54) is 12.8 Å². The van der Waals surface area contributed by atoms with Crippen LogP contribution in [0.5, 0.6) is 0 Å². The lowest BCUT2D eigenvalue weighted by molar-refractivity contribution is 0.899. The van der Waals surface area contributed by atoms with E-state index in [-0.39, 0.29) is 0 Å². The lowest BCUT2D eigenvalue weighted by Crippen LogP contribution is -1.65. The molecule has 0 nitrogen and oxygen atoms in total. The van der Waals surface area contributed by atoms with Gasteiger partial charge in [-0.2, -0.15) is 12.6 Å². The Morgan fingerprint density at radius 3 is 1.33 bits per heavy atom. The lowest BCUT2D eigenvalue weighted by atomic mass is 10.4. The van der Waals surface area contributed by atoms with E-state index in [1.54, 1.807) is 0 Å². The summed E-state index contributed by atoms with van der Waals surface area (Å²) in [7, 11) is 0. The summed E-state index contributed by atoms with van der Waals surface area (Å²) in [5.74, 6) is 1.04. The van der Waals surface area contributed by atoms with E-state index < -0.39 is 0 Å². The van der Waals surface area contributed by atoms with Crippen LogP contribution in [0.1, 0.15) is 47.5 Å². The number of unbranched alkanes of at least 4 members (excludes halogenated alkanes) is 1. The Morgan fingerprint density at radius 1 is 1.00 bits per heavy atom. The molecule has 0 N–H and O–H groups in total. The van der Waals surface area contributed by atoms with Crippen molar-refractivity contribution in [1.82, 2.24) is 0 Å². The van der Waals surface area contributed by atoms with Crippen LogP contribution in [0.3, 0.4) is 0 Å². The van der Waals surface area contributed by atoms with Gasteiger partial charge in [0, 0.05) is 0 Å². The summed E-state index contributed by atoms with van der Waals surface area (Å²) in [6.07, 6.45) is 2.52. The van der Waals surface area contributed by atoms with Gasteiger partial charge in [0.2, 0.25) is 0 Å². The quantitative estimate of drug-likeness (QED) is 0.569. The highest BCUT2D eigenvalue weighted by Gasteiger charge is 1.68. The molecule has 0 radical (unpaired) electrons. The standard InChI is InChI=1S/C4H10S.2C2H6/c1-2-3-4-5;2*1-2/h5H,2-4H2,1H3;2*1-2H3. The summed E-state index contributed by atoms with van der Waals surface area (Å²) in [5.41, 5.74) is 0. The molecule has 0 bridgehead atoms. The van der Waals surface area contributed by atoms with Crippen molar-refractivity contribution in [2.45, 2.75) is 47.5 Å². The maximum absolute atomic E-state index is 4.00. The van der Waals surface area contributed by atoms with Crippen LogP contribution in [0.25, 0.3) is 0 Å². The minimum Gasteiger partial charge on any atom is -0.179 e. The first kappa shape index (κ1) is 16.2. The Bertz CT molecular complexity index is 12.0. The zero-order valence-electron chi connectivity index (χ0n) is 7.57. The highest BCUT2D eigenvalue weighted by atomic mass is 32.1. The molecule has 0 unspecified atom stereocenters. The molecule has 0 spiro atoms. The van der Waals surface area contributed by atoms with Crippen molar-refractivity contribution in [2.75, 3.05) is 5.75 Å². The molecule has 0 aliphatic rings. The maximum atomic E-state index is 4.00. The first-order valence-electron chi connectivity index (χ1n) is 4.02. The second kappa shape index (κ2) is 40.2. The highest BCUT2D eigenvalue weighted by molar-refractivity contribution is 7.80. The molecule has 0 heterocycles. The summed E-state index contributed by atoms with van der Waals surface area (Å²) in [5, 5.41) is 0. The number of hydrogen-bond donors (Lipinski definition) is 1. The van der Waals surface area contributed by atoms with Crippen LogP contribution < -0.4 is 0 Å². The SMILES string of the molecule is CC.CC.CCCCS. The van der Waals surface area contributed by atoms with Gasteiger partial charge in [0.05, 0.1) is 0 Å². The third-order valence-electron chi connectivity index (χ3n) is 0.512. The molecule has 0 aromatic rings. The second-order valence-corrected chi connectivity index (χ2v) is 1.52. The number of thiol groups is 1. The Balaban J connectivity index is -0.0000000771. The van der Waals surface area contributed by atoms with Crippen LogP contribution >= 0.6 is 12.6 Å². The molecular formula is C8H22S. The Labute approximate surface area is 66.5 Å². The fraction of sp³-hybridized carbons (Fsp3) is 1.00. The molecule has 0 saturated carbocycles. The van der Waals surface area contributed by atoms with E-state index >= 15 is 0 Å². The normalized spacial score (nSPS) is 6.00. The Morgan fingerprint density at radius 2 is 1.33 bits per heavy atom. The van der Waals surface area contributed by atoms with Gasteiger partial charge in [0.25, 0.3) is 0 Å². The smallest absolute Gasteiger partial charge is 0.00980 e. The van der Waals surface area contributed by atoms with Crippen molar-refractivity contribution < 1.29 is 0 Å². The van der Waals surface area contributed by atoms with Crippen molar-refractivity contribution in [3.63, 3.8) is 0 Å². The topological polar surface area (TPSA) is 0 Å².